The number of aliphatic imine (C=N–C) groups is 1. The zero-order valence-electron chi connectivity index (χ0n) is 20.0. The van der Waals surface area contributed by atoms with E-state index in [4.69, 9.17) is 0 Å². The van der Waals surface area contributed by atoms with Gasteiger partial charge in [-0.3, -0.25) is 0 Å². The van der Waals surface area contributed by atoms with E-state index in [1.54, 1.807) is 12.4 Å². The van der Waals surface area contributed by atoms with E-state index in [2.05, 4.69) is 133 Å². The molecule has 0 N–H and O–H groups in total. The molecule has 0 fully saturated rings. The Bertz CT molecular complexity index is 1100. The van der Waals surface area contributed by atoms with Gasteiger partial charge in [0.05, 0.1) is 6.21 Å². The molecule has 0 amide bonds. The van der Waals surface area contributed by atoms with Gasteiger partial charge in [-0.15, -0.1) is 0 Å². The summed E-state index contributed by atoms with van der Waals surface area (Å²) >= 11 is 0. The fourth-order valence-electron chi connectivity index (χ4n) is 4.94. The molecule has 0 bridgehead atoms. The quantitative estimate of drug-likeness (QED) is 0.327. The van der Waals surface area contributed by atoms with Crippen LogP contribution in [0.4, 0.5) is 0 Å². The summed E-state index contributed by atoms with van der Waals surface area (Å²) in [5.41, 5.74) is 5.25. The Kier molecular flexibility index (Phi) is 7.03. The van der Waals surface area contributed by atoms with Gasteiger partial charge in [0.1, 0.15) is 6.15 Å². The molecule has 34 heavy (non-hydrogen) atoms. The molecular formula is C31H31BN2. The molecule has 1 aliphatic rings. The lowest BCUT2D eigenvalue weighted by Gasteiger charge is -2.44. The molecule has 2 nitrogen and oxygen atoms in total. The largest absolute Gasteiger partial charge is 0.254 e. The van der Waals surface area contributed by atoms with Gasteiger partial charge in [0.25, 0.3) is 5.66 Å². The van der Waals surface area contributed by atoms with Crippen LogP contribution in [0.1, 0.15) is 13.8 Å². The van der Waals surface area contributed by atoms with Crippen LogP contribution in [-0.4, -0.2) is 28.8 Å². The first-order valence-corrected chi connectivity index (χ1v) is 11.8. The maximum absolute atomic E-state index is 4.19. The van der Waals surface area contributed by atoms with Gasteiger partial charge in [-0.25, -0.2) is 4.99 Å². The molecule has 4 aromatic carbocycles. The van der Waals surface area contributed by atoms with Crippen LogP contribution in [-0.2, 0) is 0 Å². The van der Waals surface area contributed by atoms with E-state index < -0.39 is 6.15 Å². The Hall–Kier alpha value is -3.98. The van der Waals surface area contributed by atoms with Gasteiger partial charge in [0, 0.05) is 13.8 Å². The summed E-state index contributed by atoms with van der Waals surface area (Å²) in [7, 11) is 0. The third kappa shape index (κ3) is 4.56. The molecule has 0 saturated carbocycles. The van der Waals surface area contributed by atoms with Gasteiger partial charge in [-0.2, -0.15) is 26.4 Å². The number of hydrogen-bond donors (Lipinski definition) is 0. The van der Waals surface area contributed by atoms with Crippen LogP contribution in [0.2, 0.25) is 0 Å². The van der Waals surface area contributed by atoms with Gasteiger partial charge in [0.15, 0.2) is 12.4 Å². The molecule has 4 aromatic rings. The van der Waals surface area contributed by atoms with Crippen molar-refractivity contribution in [2.24, 2.45) is 4.99 Å². The van der Waals surface area contributed by atoms with Gasteiger partial charge in [-0.05, 0) is 6.58 Å². The lowest BCUT2D eigenvalue weighted by Crippen LogP contribution is -2.74. The molecule has 1 aliphatic heterocycles. The highest BCUT2D eigenvalue weighted by molar-refractivity contribution is 7.19. The highest BCUT2D eigenvalue weighted by Gasteiger charge is 2.31. The zero-order valence-corrected chi connectivity index (χ0v) is 20.0. The first-order valence-electron chi connectivity index (χ1n) is 11.8. The average Bonchev–Trinajstić information content (AvgIpc) is 3.25. The predicted octanol–water partition coefficient (Wildman–Crippen LogP) is 4.10. The first kappa shape index (κ1) is 23.2. The van der Waals surface area contributed by atoms with E-state index in [9.17, 15) is 0 Å². The van der Waals surface area contributed by atoms with E-state index in [1.165, 1.54) is 21.9 Å². The molecule has 5 rings (SSSR count). The summed E-state index contributed by atoms with van der Waals surface area (Å²) in [6.07, 6.45) is 4.26. The van der Waals surface area contributed by atoms with Gasteiger partial charge in [-0.1, -0.05) is 121 Å². The summed E-state index contributed by atoms with van der Waals surface area (Å²) in [4.78, 5) is 4.19. The van der Waals surface area contributed by atoms with Crippen LogP contribution in [0.25, 0.3) is 0 Å². The van der Waals surface area contributed by atoms with Crippen molar-refractivity contribution < 1.29 is 4.58 Å². The fraction of sp³-hybridized carbons (Fsp3) is 0.0968. The van der Waals surface area contributed by atoms with E-state index in [0.717, 1.165) is 0 Å². The maximum Gasteiger partial charge on any atom is 0.254 e. The second-order valence-electron chi connectivity index (χ2n) is 9.02. The molecule has 0 saturated heterocycles. The van der Waals surface area contributed by atoms with Crippen molar-refractivity contribution in [3.05, 3.63) is 134 Å². The number of hydrogen-bond acceptors (Lipinski definition) is 1. The van der Waals surface area contributed by atoms with E-state index in [-0.39, 0.29) is 5.66 Å². The van der Waals surface area contributed by atoms with Gasteiger partial charge in [0.2, 0.25) is 0 Å². The molecule has 0 atom stereocenters. The summed E-state index contributed by atoms with van der Waals surface area (Å²) < 4.78 is 1.97. The molecule has 3 heteroatoms. The Morgan fingerprint density at radius 2 is 0.941 bits per heavy atom. The third-order valence-corrected chi connectivity index (χ3v) is 6.64. The van der Waals surface area contributed by atoms with E-state index in [0.29, 0.717) is 0 Å². The smallest absolute Gasteiger partial charge is 0.217 e. The Balaban J connectivity index is 0.000000257. The van der Waals surface area contributed by atoms with Crippen LogP contribution in [0.5, 0.6) is 0 Å². The minimum absolute atomic E-state index is 0.109. The van der Waals surface area contributed by atoms with Crippen molar-refractivity contribution in [1.29, 1.82) is 0 Å². The summed E-state index contributed by atoms with van der Waals surface area (Å²) in [6, 6.07) is 43.5. The number of rotatable bonds is 5. The number of benzene rings is 4. The SMILES string of the molecule is C=C[N+]1=CC=NC1(C)C.c1ccc([B-](c2ccccc2)(c2ccccc2)c2ccccc2)cc1. The summed E-state index contributed by atoms with van der Waals surface area (Å²) in [5.74, 6) is 0. The van der Waals surface area contributed by atoms with Crippen molar-refractivity contribution in [3.8, 4) is 0 Å². The molecule has 1 heterocycles. The molecule has 0 spiro atoms. The second kappa shape index (κ2) is 10.3. The van der Waals surface area contributed by atoms with Crippen molar-refractivity contribution in [2.45, 2.75) is 19.5 Å². The van der Waals surface area contributed by atoms with Crippen LogP contribution in [0, 0.1) is 0 Å². The normalized spacial score (nSPS) is 14.0. The second-order valence-corrected chi connectivity index (χ2v) is 9.02. The van der Waals surface area contributed by atoms with Gasteiger partial charge >= 0.3 is 0 Å². The van der Waals surface area contributed by atoms with Crippen molar-refractivity contribution in [2.75, 3.05) is 0 Å². The Morgan fingerprint density at radius 1 is 0.618 bits per heavy atom. The Labute approximate surface area is 203 Å². The van der Waals surface area contributed by atoms with Gasteiger partial charge < -0.3 is 0 Å². The molecule has 0 radical (unpaired) electrons. The van der Waals surface area contributed by atoms with Crippen LogP contribution < -0.4 is 21.9 Å². The molecule has 0 aliphatic carbocycles. The first-order chi connectivity index (χ1) is 16.6. The third-order valence-electron chi connectivity index (χ3n) is 6.64. The highest BCUT2D eigenvalue weighted by atomic mass is 15.2. The van der Waals surface area contributed by atoms with E-state index >= 15 is 0 Å². The van der Waals surface area contributed by atoms with Crippen molar-refractivity contribution >= 4 is 40.4 Å². The Morgan fingerprint density at radius 3 is 1.15 bits per heavy atom. The average molecular weight is 442 g/mol. The monoisotopic (exact) mass is 442 g/mol. The minimum Gasteiger partial charge on any atom is -0.217 e. The zero-order chi connectivity index (χ0) is 23.9. The standard InChI is InChI=1S/C24H20B.C7H11N2/c1-5-13-21(14-6-1)25(22-15-7-2-8-16-22,23-17-9-3-10-18-23)24-19-11-4-12-20-24;1-4-9-6-5-8-7(9,2)3/h1-20H;4-6H,1H2,2-3H3/q-1;+1. The summed E-state index contributed by atoms with van der Waals surface area (Å²) in [5, 5.41) is 0. The topological polar surface area (TPSA) is 15.4 Å². The molecule has 0 aromatic heterocycles. The lowest BCUT2D eigenvalue weighted by atomic mass is 9.13. The maximum atomic E-state index is 4.19. The highest BCUT2D eigenvalue weighted by Crippen LogP contribution is 2.12. The van der Waals surface area contributed by atoms with Crippen LogP contribution >= 0.6 is 0 Å². The molecule has 168 valence electrons. The lowest BCUT2D eigenvalue weighted by molar-refractivity contribution is -0.527. The van der Waals surface area contributed by atoms with Crippen molar-refractivity contribution in [3.63, 3.8) is 0 Å². The summed E-state index contributed by atoms with van der Waals surface area (Å²) in [6.45, 7) is 7.73. The van der Waals surface area contributed by atoms with Crippen molar-refractivity contribution in [1.82, 2.24) is 0 Å². The predicted molar refractivity (Wildman–Crippen MR) is 149 cm³/mol. The van der Waals surface area contributed by atoms with Crippen LogP contribution in [0.3, 0.4) is 0 Å². The van der Waals surface area contributed by atoms with Crippen LogP contribution in [0.15, 0.2) is 139 Å². The molecular weight excluding hydrogens is 411 g/mol. The number of nitrogens with zero attached hydrogens (tertiary/aromatic N) is 2. The molecule has 0 unspecified atom stereocenters. The minimum atomic E-state index is -1.22. The van der Waals surface area contributed by atoms with E-state index in [1.807, 2.05) is 24.6 Å². The fourth-order valence-corrected chi connectivity index (χ4v) is 4.94.